The van der Waals surface area contributed by atoms with Crippen molar-refractivity contribution in [1.29, 1.82) is 0 Å². The van der Waals surface area contributed by atoms with Crippen molar-refractivity contribution in [2.75, 3.05) is 0 Å². The number of aromatic nitrogens is 1. The highest BCUT2D eigenvalue weighted by molar-refractivity contribution is 5.94. The van der Waals surface area contributed by atoms with Gasteiger partial charge in [-0.25, -0.2) is 4.39 Å². The van der Waals surface area contributed by atoms with Crippen LogP contribution in [0, 0.1) is 11.7 Å². The monoisotopic (exact) mass is 287 g/mol. The van der Waals surface area contributed by atoms with Gasteiger partial charge in [-0.2, -0.15) is 0 Å². The summed E-state index contributed by atoms with van der Waals surface area (Å²) in [5.74, 6) is -0.316. The smallest absolute Gasteiger partial charge is 0.261 e. The lowest BCUT2D eigenvalue weighted by Crippen LogP contribution is -2.28. The van der Waals surface area contributed by atoms with Crippen molar-refractivity contribution in [3.8, 4) is 11.3 Å². The molecule has 3 nitrogen and oxygen atoms in total. The number of pyridine rings is 1. The summed E-state index contributed by atoms with van der Waals surface area (Å²) in [6.07, 6.45) is 0. The highest BCUT2D eigenvalue weighted by Crippen LogP contribution is 2.20. The number of halogens is 1. The first-order valence-corrected chi connectivity index (χ1v) is 6.91. The molecule has 0 fully saturated rings. The van der Waals surface area contributed by atoms with Crippen LogP contribution in [0.15, 0.2) is 41.2 Å². The first-order chi connectivity index (χ1) is 9.90. The fourth-order valence-electron chi connectivity index (χ4n) is 2.27. The van der Waals surface area contributed by atoms with Crippen LogP contribution in [0.25, 0.3) is 11.3 Å². The molecule has 0 aliphatic carbocycles. The summed E-state index contributed by atoms with van der Waals surface area (Å²) in [4.78, 5) is 24.0. The number of carbonyl (C=O) groups excluding carboxylic acids is 1. The van der Waals surface area contributed by atoms with Crippen LogP contribution >= 0.6 is 0 Å². The van der Waals surface area contributed by atoms with Crippen molar-refractivity contribution in [3.05, 3.63) is 58.1 Å². The molecule has 1 aromatic carbocycles. The Morgan fingerprint density at radius 3 is 2.29 bits per heavy atom. The van der Waals surface area contributed by atoms with E-state index in [0.717, 1.165) is 5.56 Å². The molecule has 0 bridgehead atoms. The molecule has 2 rings (SSSR count). The first kappa shape index (κ1) is 15.2. The molecule has 0 unspecified atom stereocenters. The van der Waals surface area contributed by atoms with Crippen LogP contribution in [-0.2, 0) is 6.54 Å². The van der Waals surface area contributed by atoms with Crippen molar-refractivity contribution in [3.63, 3.8) is 0 Å². The predicted octanol–water partition coefficient (Wildman–Crippen LogP) is 3.51. The second-order valence-electron chi connectivity index (χ2n) is 5.50. The molecule has 0 aliphatic rings. The number of rotatable bonds is 4. The van der Waals surface area contributed by atoms with Gasteiger partial charge in [0, 0.05) is 6.54 Å². The van der Waals surface area contributed by atoms with Gasteiger partial charge in [-0.15, -0.1) is 0 Å². The van der Waals surface area contributed by atoms with E-state index in [1.54, 1.807) is 28.8 Å². The van der Waals surface area contributed by atoms with Gasteiger partial charge in [0.2, 0.25) is 0 Å². The number of nitrogens with zero attached hydrogens (tertiary/aromatic N) is 1. The van der Waals surface area contributed by atoms with Crippen molar-refractivity contribution < 1.29 is 9.18 Å². The zero-order chi connectivity index (χ0) is 15.6. The Morgan fingerprint density at radius 1 is 1.14 bits per heavy atom. The molecule has 0 atom stereocenters. The fraction of sp³-hybridized carbons (Fsp3) is 0.294. The predicted molar refractivity (Wildman–Crippen MR) is 80.9 cm³/mol. The second kappa shape index (κ2) is 6.04. The average Bonchev–Trinajstić information content (AvgIpc) is 2.41. The van der Waals surface area contributed by atoms with Crippen molar-refractivity contribution in [2.45, 2.75) is 27.3 Å². The van der Waals surface area contributed by atoms with E-state index in [-0.39, 0.29) is 28.6 Å². The molecule has 0 radical (unpaired) electrons. The van der Waals surface area contributed by atoms with Gasteiger partial charge in [0.05, 0.1) is 11.3 Å². The zero-order valence-electron chi connectivity index (χ0n) is 12.4. The minimum atomic E-state index is -0.322. The average molecular weight is 287 g/mol. The van der Waals surface area contributed by atoms with Crippen LogP contribution in [0.1, 0.15) is 31.1 Å². The van der Waals surface area contributed by atoms with Crippen LogP contribution in [0.3, 0.4) is 0 Å². The number of Topliss-reactive ketones (excluding diaryl/α,β-unsaturated/α-hetero) is 1. The summed E-state index contributed by atoms with van der Waals surface area (Å²) in [6, 6.07) is 9.27. The van der Waals surface area contributed by atoms with E-state index in [2.05, 4.69) is 0 Å². The van der Waals surface area contributed by atoms with Gasteiger partial charge in [0.1, 0.15) is 5.82 Å². The summed E-state index contributed by atoms with van der Waals surface area (Å²) in [5.41, 5.74) is 1.34. The highest BCUT2D eigenvalue weighted by atomic mass is 19.1. The van der Waals surface area contributed by atoms with E-state index >= 15 is 0 Å². The van der Waals surface area contributed by atoms with E-state index in [1.165, 1.54) is 19.1 Å². The molecule has 1 heterocycles. The van der Waals surface area contributed by atoms with Crippen LogP contribution in [0.2, 0.25) is 0 Å². The Kier molecular flexibility index (Phi) is 4.36. The van der Waals surface area contributed by atoms with E-state index in [0.29, 0.717) is 12.2 Å². The second-order valence-corrected chi connectivity index (χ2v) is 5.50. The summed E-state index contributed by atoms with van der Waals surface area (Å²) >= 11 is 0. The van der Waals surface area contributed by atoms with E-state index < -0.39 is 0 Å². The maximum atomic E-state index is 13.0. The number of carbonyl (C=O) groups is 1. The van der Waals surface area contributed by atoms with Crippen LogP contribution in [0.5, 0.6) is 0 Å². The maximum absolute atomic E-state index is 13.0. The molecule has 2 aromatic rings. The van der Waals surface area contributed by atoms with Gasteiger partial charge in [-0.1, -0.05) is 13.8 Å². The van der Waals surface area contributed by atoms with Crippen molar-refractivity contribution in [1.82, 2.24) is 4.57 Å². The molecule has 0 saturated heterocycles. The number of ketones is 1. The molecule has 21 heavy (non-hydrogen) atoms. The molecule has 4 heteroatoms. The normalized spacial score (nSPS) is 10.9. The number of benzene rings is 1. The van der Waals surface area contributed by atoms with Gasteiger partial charge in [0.25, 0.3) is 5.56 Å². The number of hydrogen-bond donors (Lipinski definition) is 0. The van der Waals surface area contributed by atoms with Gasteiger partial charge in [0.15, 0.2) is 5.78 Å². The Labute approximate surface area is 123 Å². The Hall–Kier alpha value is -2.23. The van der Waals surface area contributed by atoms with E-state index in [1.807, 2.05) is 13.8 Å². The molecule has 0 spiro atoms. The Morgan fingerprint density at radius 2 is 1.76 bits per heavy atom. The fourth-order valence-corrected chi connectivity index (χ4v) is 2.27. The lowest BCUT2D eigenvalue weighted by molar-refractivity contribution is 0.101. The third kappa shape index (κ3) is 3.27. The molecule has 0 amide bonds. The third-order valence-electron chi connectivity index (χ3n) is 3.24. The molecular weight excluding hydrogens is 269 g/mol. The Balaban J connectivity index is 2.65. The molecule has 1 aromatic heterocycles. The minimum Gasteiger partial charge on any atom is -0.307 e. The van der Waals surface area contributed by atoms with E-state index in [4.69, 9.17) is 0 Å². The van der Waals surface area contributed by atoms with Gasteiger partial charge in [-0.3, -0.25) is 9.59 Å². The third-order valence-corrected chi connectivity index (χ3v) is 3.24. The van der Waals surface area contributed by atoms with Gasteiger partial charge in [-0.05, 0) is 54.8 Å². The summed E-state index contributed by atoms with van der Waals surface area (Å²) in [6.45, 7) is 5.89. The lowest BCUT2D eigenvalue weighted by atomic mass is 10.1. The minimum absolute atomic E-state index is 0.182. The van der Waals surface area contributed by atoms with Crippen molar-refractivity contribution >= 4 is 5.78 Å². The van der Waals surface area contributed by atoms with E-state index in [9.17, 15) is 14.0 Å². The standard InChI is InChI=1S/C17H18FNO2/c1-11(2)10-19-16(13-4-6-14(18)7-5-13)9-8-15(12(3)20)17(19)21/h4-9,11H,10H2,1-3H3. The van der Waals surface area contributed by atoms with Crippen molar-refractivity contribution in [2.24, 2.45) is 5.92 Å². The first-order valence-electron chi connectivity index (χ1n) is 6.91. The van der Waals surface area contributed by atoms with Crippen LogP contribution in [0.4, 0.5) is 4.39 Å². The lowest BCUT2D eigenvalue weighted by Gasteiger charge is -2.16. The largest absolute Gasteiger partial charge is 0.307 e. The Bertz CT molecular complexity index is 715. The molecule has 0 aliphatic heterocycles. The summed E-state index contributed by atoms with van der Waals surface area (Å²) in [7, 11) is 0. The van der Waals surface area contributed by atoms with Crippen LogP contribution < -0.4 is 5.56 Å². The van der Waals surface area contributed by atoms with Crippen LogP contribution in [-0.4, -0.2) is 10.4 Å². The topological polar surface area (TPSA) is 39.1 Å². The summed E-state index contributed by atoms with van der Waals surface area (Å²) < 4.78 is 14.6. The highest BCUT2D eigenvalue weighted by Gasteiger charge is 2.14. The summed E-state index contributed by atoms with van der Waals surface area (Å²) in [5, 5.41) is 0. The molecule has 0 saturated carbocycles. The molecule has 110 valence electrons. The molecular formula is C17H18FNO2. The molecule has 0 N–H and O–H groups in total. The maximum Gasteiger partial charge on any atom is 0.261 e. The number of hydrogen-bond acceptors (Lipinski definition) is 2. The van der Waals surface area contributed by atoms with Gasteiger partial charge >= 0.3 is 0 Å². The SMILES string of the molecule is CC(=O)c1ccc(-c2ccc(F)cc2)n(CC(C)C)c1=O. The quantitative estimate of drug-likeness (QED) is 0.807. The zero-order valence-corrected chi connectivity index (χ0v) is 12.4. The van der Waals surface area contributed by atoms with Gasteiger partial charge < -0.3 is 4.57 Å².